The van der Waals surface area contributed by atoms with E-state index in [9.17, 15) is 0 Å². The monoisotopic (exact) mass is 266 g/mol. The number of rotatable bonds is 6. The second-order valence-electron chi connectivity index (χ2n) is 5.64. The zero-order chi connectivity index (χ0) is 13.0. The zero-order valence-electron chi connectivity index (χ0n) is 12.0. The maximum Gasteiger partial charge on any atom is 0.0386 e. The highest BCUT2D eigenvalue weighted by Crippen LogP contribution is 2.32. The molecule has 18 heavy (non-hydrogen) atoms. The summed E-state index contributed by atoms with van der Waals surface area (Å²) in [5.41, 5.74) is 1.63. The van der Waals surface area contributed by atoms with E-state index in [0.29, 0.717) is 6.04 Å². The van der Waals surface area contributed by atoms with Crippen molar-refractivity contribution in [2.45, 2.75) is 45.1 Å². The Labute approximate surface area is 115 Å². The van der Waals surface area contributed by atoms with Gasteiger partial charge in [-0.25, -0.2) is 0 Å². The first-order valence-electron chi connectivity index (χ1n) is 7.16. The van der Waals surface area contributed by atoms with Gasteiger partial charge in [-0.05, 0) is 77.8 Å². The molecule has 1 N–H and O–H groups in total. The van der Waals surface area contributed by atoms with Crippen molar-refractivity contribution >= 4 is 11.3 Å². The number of thiophene rings is 1. The van der Waals surface area contributed by atoms with E-state index in [2.05, 4.69) is 37.3 Å². The van der Waals surface area contributed by atoms with Gasteiger partial charge in [0, 0.05) is 15.8 Å². The molecule has 1 atom stereocenters. The molecule has 0 aliphatic heterocycles. The quantitative estimate of drug-likeness (QED) is 0.795. The highest BCUT2D eigenvalue weighted by molar-refractivity contribution is 7.12. The summed E-state index contributed by atoms with van der Waals surface area (Å²) < 4.78 is 0. The number of aryl methyl sites for hydroxylation is 2. The molecule has 0 fully saturated rings. The van der Waals surface area contributed by atoms with Crippen molar-refractivity contribution in [3.8, 4) is 0 Å². The van der Waals surface area contributed by atoms with Gasteiger partial charge in [-0.3, -0.25) is 0 Å². The zero-order valence-corrected chi connectivity index (χ0v) is 12.8. The van der Waals surface area contributed by atoms with E-state index in [4.69, 9.17) is 0 Å². The van der Waals surface area contributed by atoms with Crippen LogP contribution >= 0.6 is 11.3 Å². The number of nitrogens with zero attached hydrogens (tertiary/aromatic N) is 1. The molecular weight excluding hydrogens is 240 g/mol. The fourth-order valence-corrected chi connectivity index (χ4v) is 3.83. The highest BCUT2D eigenvalue weighted by atomic mass is 32.1. The van der Waals surface area contributed by atoms with Gasteiger partial charge in [-0.1, -0.05) is 0 Å². The maximum atomic E-state index is 3.65. The predicted molar refractivity (Wildman–Crippen MR) is 80.5 cm³/mol. The lowest BCUT2D eigenvalue weighted by Crippen LogP contribution is -2.23. The highest BCUT2D eigenvalue weighted by Gasteiger charge is 2.16. The molecule has 0 amide bonds. The standard InChI is InChI=1S/C15H26N2S/c1-12(16-9-6-10-17(2)3)15-11-13-7-4-5-8-14(13)18-15/h11-12,16H,4-10H2,1-3H3. The molecular formula is C15H26N2S. The third kappa shape index (κ3) is 3.81. The largest absolute Gasteiger partial charge is 0.309 e. The third-order valence-corrected chi connectivity index (χ3v) is 5.09. The molecule has 102 valence electrons. The second-order valence-corrected chi connectivity index (χ2v) is 6.81. The van der Waals surface area contributed by atoms with Crippen molar-refractivity contribution in [2.24, 2.45) is 0 Å². The Morgan fingerprint density at radius 1 is 1.33 bits per heavy atom. The van der Waals surface area contributed by atoms with Gasteiger partial charge in [0.25, 0.3) is 0 Å². The molecule has 3 heteroatoms. The SMILES string of the molecule is CC(NCCCN(C)C)c1cc2c(s1)CCCC2. The fraction of sp³-hybridized carbons (Fsp3) is 0.733. The number of hydrogen-bond acceptors (Lipinski definition) is 3. The molecule has 1 aliphatic carbocycles. The summed E-state index contributed by atoms with van der Waals surface area (Å²) in [6.07, 6.45) is 6.61. The molecule has 1 aromatic heterocycles. The summed E-state index contributed by atoms with van der Waals surface area (Å²) in [5.74, 6) is 0. The molecule has 2 nitrogen and oxygen atoms in total. The number of fused-ring (bicyclic) bond motifs is 1. The van der Waals surface area contributed by atoms with Crippen LogP contribution in [0.4, 0.5) is 0 Å². The topological polar surface area (TPSA) is 15.3 Å². The van der Waals surface area contributed by atoms with E-state index >= 15 is 0 Å². The summed E-state index contributed by atoms with van der Waals surface area (Å²) >= 11 is 2.03. The summed E-state index contributed by atoms with van der Waals surface area (Å²) in [6, 6.07) is 2.96. The van der Waals surface area contributed by atoms with Crippen LogP contribution in [-0.2, 0) is 12.8 Å². The summed E-state index contributed by atoms with van der Waals surface area (Å²) in [5, 5.41) is 3.65. The van der Waals surface area contributed by atoms with E-state index in [1.807, 2.05) is 11.3 Å². The molecule has 0 spiro atoms. The first kappa shape index (κ1) is 14.0. The van der Waals surface area contributed by atoms with E-state index in [-0.39, 0.29) is 0 Å². The van der Waals surface area contributed by atoms with Crippen LogP contribution in [0.15, 0.2) is 6.07 Å². The van der Waals surface area contributed by atoms with Crippen molar-refractivity contribution in [3.05, 3.63) is 21.4 Å². The van der Waals surface area contributed by atoms with Crippen molar-refractivity contribution < 1.29 is 0 Å². The van der Waals surface area contributed by atoms with Crippen LogP contribution in [0.25, 0.3) is 0 Å². The number of hydrogen-bond donors (Lipinski definition) is 1. The molecule has 1 unspecified atom stereocenters. The van der Waals surface area contributed by atoms with Crippen LogP contribution < -0.4 is 5.32 Å². The van der Waals surface area contributed by atoms with Crippen molar-refractivity contribution in [2.75, 3.05) is 27.2 Å². The molecule has 0 bridgehead atoms. The molecule has 1 heterocycles. The van der Waals surface area contributed by atoms with Gasteiger partial charge < -0.3 is 10.2 Å². The van der Waals surface area contributed by atoms with Gasteiger partial charge in [0.2, 0.25) is 0 Å². The van der Waals surface area contributed by atoms with E-state index < -0.39 is 0 Å². The molecule has 0 radical (unpaired) electrons. The lowest BCUT2D eigenvalue weighted by Gasteiger charge is -2.14. The Hall–Kier alpha value is -0.380. The van der Waals surface area contributed by atoms with Crippen LogP contribution in [0, 0.1) is 0 Å². The lowest BCUT2D eigenvalue weighted by molar-refractivity contribution is 0.389. The van der Waals surface area contributed by atoms with Crippen LogP contribution in [0.2, 0.25) is 0 Å². The van der Waals surface area contributed by atoms with E-state index in [0.717, 1.165) is 6.54 Å². The fourth-order valence-electron chi connectivity index (χ4n) is 2.54. The average Bonchev–Trinajstić information content (AvgIpc) is 2.78. The summed E-state index contributed by atoms with van der Waals surface area (Å²) in [4.78, 5) is 5.43. The van der Waals surface area contributed by atoms with Gasteiger partial charge in [0.15, 0.2) is 0 Å². The molecule has 2 rings (SSSR count). The van der Waals surface area contributed by atoms with Gasteiger partial charge >= 0.3 is 0 Å². The predicted octanol–water partition coefficient (Wildman–Crippen LogP) is 3.23. The van der Waals surface area contributed by atoms with Gasteiger partial charge in [-0.2, -0.15) is 0 Å². The van der Waals surface area contributed by atoms with Crippen LogP contribution in [0.5, 0.6) is 0 Å². The van der Waals surface area contributed by atoms with E-state index in [1.54, 1.807) is 10.4 Å². The first-order valence-corrected chi connectivity index (χ1v) is 7.98. The van der Waals surface area contributed by atoms with Gasteiger partial charge in [0.05, 0.1) is 0 Å². The van der Waals surface area contributed by atoms with Crippen LogP contribution in [-0.4, -0.2) is 32.1 Å². The number of nitrogens with one attached hydrogen (secondary N) is 1. The Morgan fingerprint density at radius 2 is 2.11 bits per heavy atom. The third-order valence-electron chi connectivity index (χ3n) is 3.68. The normalized spacial score (nSPS) is 16.9. The van der Waals surface area contributed by atoms with Crippen LogP contribution in [0.1, 0.15) is 47.5 Å². The minimum Gasteiger partial charge on any atom is -0.309 e. The lowest BCUT2D eigenvalue weighted by atomic mass is 9.99. The molecule has 0 saturated carbocycles. The van der Waals surface area contributed by atoms with Crippen molar-refractivity contribution in [3.63, 3.8) is 0 Å². The second kappa shape index (κ2) is 6.69. The van der Waals surface area contributed by atoms with Crippen molar-refractivity contribution in [1.82, 2.24) is 10.2 Å². The Balaban J connectivity index is 1.81. The molecule has 0 saturated heterocycles. The molecule has 0 aromatic carbocycles. The minimum atomic E-state index is 0.516. The van der Waals surface area contributed by atoms with Gasteiger partial charge in [0.1, 0.15) is 0 Å². The molecule has 1 aromatic rings. The first-order chi connectivity index (χ1) is 8.66. The Bertz CT molecular complexity index is 347. The summed E-state index contributed by atoms with van der Waals surface area (Å²) in [6.45, 7) is 4.58. The minimum absolute atomic E-state index is 0.516. The van der Waals surface area contributed by atoms with Gasteiger partial charge in [-0.15, -0.1) is 11.3 Å². The summed E-state index contributed by atoms with van der Waals surface area (Å²) in [7, 11) is 4.27. The Kier molecular flexibility index (Phi) is 5.22. The van der Waals surface area contributed by atoms with Crippen molar-refractivity contribution in [1.29, 1.82) is 0 Å². The van der Waals surface area contributed by atoms with E-state index in [1.165, 1.54) is 43.5 Å². The smallest absolute Gasteiger partial charge is 0.0386 e. The Morgan fingerprint density at radius 3 is 2.83 bits per heavy atom. The molecule has 1 aliphatic rings. The average molecular weight is 266 g/mol. The van der Waals surface area contributed by atoms with Crippen LogP contribution in [0.3, 0.4) is 0 Å². The maximum absolute atomic E-state index is 3.65.